The van der Waals surface area contributed by atoms with Crippen molar-refractivity contribution < 1.29 is 81.6 Å². The molecule has 6 nitrogen and oxygen atoms in total. The van der Waals surface area contributed by atoms with Gasteiger partial charge in [-0.2, -0.15) is 52.7 Å². The van der Waals surface area contributed by atoms with Crippen LogP contribution in [0.2, 0.25) is 0 Å². The second-order valence-corrected chi connectivity index (χ2v) is 11.1. The number of alkyl halides is 12. The zero-order chi connectivity index (χ0) is 34.9. The summed E-state index contributed by atoms with van der Waals surface area (Å²) in [6, 6.07) is 0. The minimum absolute atomic E-state index is 0.546. The van der Waals surface area contributed by atoms with Gasteiger partial charge in [0.1, 0.15) is 12.2 Å². The van der Waals surface area contributed by atoms with Gasteiger partial charge in [-0.1, -0.05) is 27.0 Å². The highest BCUT2D eigenvalue weighted by Gasteiger charge is 2.78. The molecule has 1 aliphatic carbocycles. The molecule has 44 heavy (non-hydrogen) atoms. The first kappa shape index (κ1) is 39.5. The monoisotopic (exact) mass is 668 g/mol. The predicted molar refractivity (Wildman–Crippen MR) is 128 cm³/mol. The highest BCUT2D eigenvalue weighted by Crippen LogP contribution is 2.53. The molecule has 1 saturated carbocycles. The van der Waals surface area contributed by atoms with Gasteiger partial charge in [0.25, 0.3) is 11.2 Å². The Balaban J connectivity index is 3.58. The molecule has 256 valence electrons. The van der Waals surface area contributed by atoms with Gasteiger partial charge >= 0.3 is 36.6 Å². The third kappa shape index (κ3) is 8.40. The maximum absolute atomic E-state index is 14.4. The van der Waals surface area contributed by atoms with Crippen LogP contribution in [0.5, 0.6) is 0 Å². The minimum atomic E-state index is -6.49. The molecule has 0 aliphatic heterocycles. The molecular weight excluding hydrogens is 636 g/mol. The molecule has 4 atom stereocenters. The number of carbonyl (C=O) groups excluding carboxylic acids is 2. The third-order valence-corrected chi connectivity index (χ3v) is 6.90. The van der Waals surface area contributed by atoms with Crippen LogP contribution >= 0.6 is 0 Å². The number of rotatable bonds is 12. The van der Waals surface area contributed by atoms with E-state index >= 15 is 0 Å². The number of ether oxygens (including phenoxy) is 3. The Morgan fingerprint density at radius 2 is 1.16 bits per heavy atom. The molecule has 0 aromatic rings. The summed E-state index contributed by atoms with van der Waals surface area (Å²) in [5, 5.41) is 9.84. The molecule has 0 spiro atoms. The average molecular weight is 669 g/mol. The van der Waals surface area contributed by atoms with Crippen molar-refractivity contribution in [3.05, 3.63) is 24.3 Å². The number of aliphatic hydroxyl groups is 1. The van der Waals surface area contributed by atoms with Crippen molar-refractivity contribution >= 4 is 11.9 Å². The largest absolute Gasteiger partial charge is 0.455 e. The van der Waals surface area contributed by atoms with E-state index in [1.165, 1.54) is 13.8 Å². The molecule has 0 aromatic heterocycles. The van der Waals surface area contributed by atoms with Gasteiger partial charge in [-0.3, -0.25) is 0 Å². The SMILES string of the molecule is C=C(C)C(=O)OC(CC1CCC(OC(C(CC(C)C)OC(=O)C(=C)C)(C(F)(F)F)C(F)(F)F)C1)C(O)(C(F)(F)F)C(F)(F)F. The second-order valence-electron chi connectivity index (χ2n) is 11.1. The van der Waals surface area contributed by atoms with E-state index in [2.05, 4.69) is 27.4 Å². The summed E-state index contributed by atoms with van der Waals surface area (Å²) >= 11 is 0. The summed E-state index contributed by atoms with van der Waals surface area (Å²) < 4.78 is 182. The van der Waals surface area contributed by atoms with Crippen LogP contribution in [-0.2, 0) is 23.8 Å². The molecule has 0 radical (unpaired) electrons. The highest BCUT2D eigenvalue weighted by molar-refractivity contribution is 5.87. The first-order chi connectivity index (χ1) is 19.5. The molecule has 1 rings (SSSR count). The van der Waals surface area contributed by atoms with Crippen molar-refractivity contribution in [3.63, 3.8) is 0 Å². The van der Waals surface area contributed by atoms with Crippen LogP contribution in [0, 0.1) is 11.8 Å². The normalized spacial score (nSPS) is 20.3. The summed E-state index contributed by atoms with van der Waals surface area (Å²) in [7, 11) is 0. The summed E-state index contributed by atoms with van der Waals surface area (Å²) in [5.74, 6) is -5.90. The third-order valence-electron chi connectivity index (χ3n) is 6.90. The number of carbonyl (C=O) groups is 2. The number of hydrogen-bond acceptors (Lipinski definition) is 6. The quantitative estimate of drug-likeness (QED) is 0.134. The van der Waals surface area contributed by atoms with Gasteiger partial charge in [-0.15, -0.1) is 0 Å². The second kappa shape index (κ2) is 13.5. The fraction of sp³-hybridized carbons (Fsp3) is 0.769. The lowest BCUT2D eigenvalue weighted by molar-refractivity contribution is -0.412. The van der Waals surface area contributed by atoms with Crippen molar-refractivity contribution in [2.75, 3.05) is 0 Å². The van der Waals surface area contributed by atoms with Gasteiger partial charge < -0.3 is 19.3 Å². The molecule has 0 heterocycles. The van der Waals surface area contributed by atoms with E-state index in [1.807, 2.05) is 0 Å². The summed E-state index contributed by atoms with van der Waals surface area (Å²) in [6.45, 7) is 10.4. The average Bonchev–Trinajstić information content (AvgIpc) is 3.24. The standard InChI is InChI=1S/C26H32F12O6/c1-12(2)9-18(43-20(40)14(5)6)22(25(33,34)35,26(36,37)38)44-16-8-7-15(10-16)11-17(42-19(39)13(3)4)21(41,23(27,28)29)24(30,31)32/h12,15-18,41H,3,5,7-11H2,1-2,4,6H3. The molecule has 1 fully saturated rings. The van der Waals surface area contributed by atoms with Crippen molar-refractivity contribution in [2.24, 2.45) is 11.8 Å². The van der Waals surface area contributed by atoms with Gasteiger partial charge in [0.2, 0.25) is 0 Å². The van der Waals surface area contributed by atoms with Crippen molar-refractivity contribution in [1.29, 1.82) is 0 Å². The summed E-state index contributed by atoms with van der Waals surface area (Å²) in [6.07, 6.45) is -39.0. The zero-order valence-corrected chi connectivity index (χ0v) is 23.9. The molecule has 0 saturated heterocycles. The van der Waals surface area contributed by atoms with E-state index in [0.717, 1.165) is 13.8 Å². The Labute approximate surface area is 244 Å². The molecule has 0 bridgehead atoms. The van der Waals surface area contributed by atoms with Crippen LogP contribution in [-0.4, -0.2) is 71.3 Å². The Kier molecular flexibility index (Phi) is 12.1. The van der Waals surface area contributed by atoms with Gasteiger partial charge in [0, 0.05) is 11.1 Å². The van der Waals surface area contributed by atoms with E-state index in [4.69, 9.17) is 0 Å². The smallest absolute Gasteiger partial charge is 0.430 e. The molecule has 1 N–H and O–H groups in total. The van der Waals surface area contributed by atoms with Crippen LogP contribution in [0.1, 0.15) is 59.8 Å². The fourth-order valence-corrected chi connectivity index (χ4v) is 4.67. The van der Waals surface area contributed by atoms with Crippen LogP contribution < -0.4 is 0 Å². The zero-order valence-electron chi connectivity index (χ0n) is 23.9. The van der Waals surface area contributed by atoms with Crippen LogP contribution in [0.25, 0.3) is 0 Å². The van der Waals surface area contributed by atoms with Crippen LogP contribution in [0.3, 0.4) is 0 Å². The summed E-state index contributed by atoms with van der Waals surface area (Å²) in [4.78, 5) is 24.0. The van der Waals surface area contributed by atoms with E-state index < -0.39 is 121 Å². The maximum atomic E-state index is 14.4. The van der Waals surface area contributed by atoms with Gasteiger partial charge in [0.05, 0.1) is 6.10 Å². The van der Waals surface area contributed by atoms with Gasteiger partial charge in [-0.05, 0) is 57.8 Å². The number of halogens is 12. The molecule has 1 aliphatic rings. The molecular formula is C26H32F12O6. The predicted octanol–water partition coefficient (Wildman–Crippen LogP) is 7.30. The number of hydrogen-bond donors (Lipinski definition) is 1. The number of esters is 2. The van der Waals surface area contributed by atoms with Crippen molar-refractivity contribution in [2.45, 2.75) is 114 Å². The van der Waals surface area contributed by atoms with Crippen LogP contribution in [0.4, 0.5) is 52.7 Å². The van der Waals surface area contributed by atoms with E-state index in [-0.39, 0.29) is 0 Å². The van der Waals surface area contributed by atoms with E-state index in [0.29, 0.717) is 0 Å². The Morgan fingerprint density at radius 3 is 1.50 bits per heavy atom. The fourth-order valence-electron chi connectivity index (χ4n) is 4.67. The molecule has 4 unspecified atom stereocenters. The van der Waals surface area contributed by atoms with E-state index in [1.54, 1.807) is 0 Å². The summed E-state index contributed by atoms with van der Waals surface area (Å²) in [5.41, 5.74) is -12.0. The maximum Gasteiger partial charge on any atom is 0.430 e. The molecule has 18 heteroatoms. The van der Waals surface area contributed by atoms with E-state index in [9.17, 15) is 67.4 Å². The minimum Gasteiger partial charge on any atom is -0.455 e. The molecule has 0 amide bonds. The topological polar surface area (TPSA) is 82.1 Å². The van der Waals surface area contributed by atoms with Gasteiger partial charge in [0.15, 0.2) is 0 Å². The first-order valence-electron chi connectivity index (χ1n) is 12.9. The lowest BCUT2D eigenvalue weighted by Crippen LogP contribution is -2.68. The van der Waals surface area contributed by atoms with Gasteiger partial charge in [-0.25, -0.2) is 9.59 Å². The Hall–Kier alpha value is -2.50. The van der Waals surface area contributed by atoms with Crippen molar-refractivity contribution in [1.82, 2.24) is 0 Å². The Bertz CT molecular complexity index is 1030. The van der Waals surface area contributed by atoms with Crippen LogP contribution in [0.15, 0.2) is 24.3 Å². The Morgan fingerprint density at radius 1 is 0.750 bits per heavy atom. The molecule has 0 aromatic carbocycles. The first-order valence-corrected chi connectivity index (χ1v) is 12.9. The lowest BCUT2D eigenvalue weighted by Gasteiger charge is -2.44. The lowest BCUT2D eigenvalue weighted by atomic mass is 9.86. The highest BCUT2D eigenvalue weighted by atomic mass is 19.4. The van der Waals surface area contributed by atoms with Crippen molar-refractivity contribution in [3.8, 4) is 0 Å².